The van der Waals surface area contributed by atoms with Crippen LogP contribution in [0, 0.1) is 15.9 Å². The summed E-state index contributed by atoms with van der Waals surface area (Å²) in [5.41, 5.74) is 1.03. The summed E-state index contributed by atoms with van der Waals surface area (Å²) in [7, 11) is 0. The number of oxime groups is 1. The fourth-order valence-electron chi connectivity index (χ4n) is 3.01. The van der Waals surface area contributed by atoms with Crippen LogP contribution in [-0.2, 0) is 9.63 Å². The molecule has 0 saturated heterocycles. The number of ether oxygens (including phenoxy) is 1. The molecule has 1 N–H and O–H groups in total. The summed E-state index contributed by atoms with van der Waals surface area (Å²) in [6.45, 7) is 0. The number of amides is 1. The molecule has 0 aliphatic carbocycles. The van der Waals surface area contributed by atoms with Gasteiger partial charge in [-0.15, -0.1) is 0 Å². The molecule has 0 radical (unpaired) electrons. The smallest absolute Gasteiger partial charge is 0.275 e. The van der Waals surface area contributed by atoms with E-state index >= 15 is 0 Å². The number of benzene rings is 3. The number of non-ortho nitro benzene ring substituents is 1. The number of nitrogens with zero attached hydrogens (tertiary/aromatic N) is 2. The molecule has 1 heterocycles. The zero-order chi connectivity index (χ0) is 22.7. The van der Waals surface area contributed by atoms with Crippen LogP contribution in [-0.4, -0.2) is 22.6 Å². The van der Waals surface area contributed by atoms with E-state index in [1.54, 1.807) is 36.4 Å². The van der Waals surface area contributed by atoms with E-state index in [1.807, 2.05) is 0 Å². The molecule has 0 aromatic heterocycles. The van der Waals surface area contributed by atoms with Crippen LogP contribution in [0.4, 0.5) is 15.8 Å². The Balaban J connectivity index is 1.47. The fraction of sp³-hybridized carbons (Fsp3) is 0.0909. The van der Waals surface area contributed by atoms with Crippen molar-refractivity contribution in [1.29, 1.82) is 0 Å². The molecule has 10 heteroatoms. The summed E-state index contributed by atoms with van der Waals surface area (Å²) in [6, 6.07) is 16.0. The number of carbonyl (C=O) groups is 1. The molecule has 1 amide bonds. The number of nitro groups is 1. The van der Waals surface area contributed by atoms with Crippen molar-refractivity contribution < 1.29 is 23.7 Å². The van der Waals surface area contributed by atoms with Gasteiger partial charge in [0, 0.05) is 23.6 Å². The maximum absolute atomic E-state index is 13.1. The van der Waals surface area contributed by atoms with Crippen molar-refractivity contribution in [2.45, 2.75) is 12.5 Å². The third-order valence-electron chi connectivity index (χ3n) is 4.56. The lowest BCUT2D eigenvalue weighted by molar-refractivity contribution is -0.384. The maximum Gasteiger partial charge on any atom is 0.275 e. The lowest BCUT2D eigenvalue weighted by Crippen LogP contribution is -2.28. The van der Waals surface area contributed by atoms with Gasteiger partial charge in [-0.1, -0.05) is 28.9 Å². The molecule has 0 saturated carbocycles. The van der Waals surface area contributed by atoms with E-state index in [0.717, 1.165) is 0 Å². The zero-order valence-corrected chi connectivity index (χ0v) is 17.1. The Labute approximate surface area is 186 Å². The second kappa shape index (κ2) is 9.03. The second-order valence-electron chi connectivity index (χ2n) is 6.86. The van der Waals surface area contributed by atoms with Gasteiger partial charge in [-0.25, -0.2) is 4.39 Å². The Morgan fingerprint density at radius 1 is 1.12 bits per heavy atom. The van der Waals surface area contributed by atoms with Crippen molar-refractivity contribution in [2.75, 3.05) is 5.32 Å². The summed E-state index contributed by atoms with van der Waals surface area (Å²) < 4.78 is 18.8. The lowest BCUT2D eigenvalue weighted by Gasteiger charge is -2.11. The number of hydrogen-bond acceptors (Lipinski definition) is 6. The zero-order valence-electron chi connectivity index (χ0n) is 16.3. The largest absolute Gasteiger partial charge is 0.457 e. The Bertz CT molecular complexity index is 1200. The first-order valence-electron chi connectivity index (χ1n) is 9.40. The van der Waals surface area contributed by atoms with E-state index < -0.39 is 16.9 Å². The van der Waals surface area contributed by atoms with Crippen molar-refractivity contribution >= 4 is 34.6 Å². The van der Waals surface area contributed by atoms with Gasteiger partial charge in [0.1, 0.15) is 17.3 Å². The highest BCUT2D eigenvalue weighted by Crippen LogP contribution is 2.31. The summed E-state index contributed by atoms with van der Waals surface area (Å²) in [5.74, 6) is -0.343. The molecule has 4 rings (SSSR count). The van der Waals surface area contributed by atoms with E-state index in [0.29, 0.717) is 22.0 Å². The quantitative estimate of drug-likeness (QED) is 0.400. The number of halogens is 2. The molecular weight excluding hydrogens is 441 g/mol. The highest BCUT2D eigenvalue weighted by atomic mass is 35.5. The summed E-state index contributed by atoms with van der Waals surface area (Å²) in [4.78, 5) is 28.6. The average Bonchev–Trinajstić information content (AvgIpc) is 3.26. The van der Waals surface area contributed by atoms with Gasteiger partial charge in [0.2, 0.25) is 6.10 Å². The van der Waals surface area contributed by atoms with E-state index in [4.69, 9.17) is 21.2 Å². The SMILES string of the molecule is O=C(Nc1cc(Oc2ccc(Cl)cc2)cc([N+](=O)[O-])c1)C1CC(c2ccc(F)cc2)=NO1. The Hall–Kier alpha value is -3.98. The topological polar surface area (TPSA) is 103 Å². The molecule has 3 aromatic carbocycles. The van der Waals surface area contributed by atoms with E-state index in [9.17, 15) is 19.3 Å². The molecule has 0 fully saturated rings. The molecular formula is C22H15ClFN3O5. The van der Waals surface area contributed by atoms with Gasteiger partial charge in [0.05, 0.1) is 22.4 Å². The van der Waals surface area contributed by atoms with E-state index in [1.165, 1.54) is 30.3 Å². The van der Waals surface area contributed by atoms with Crippen molar-refractivity contribution in [3.8, 4) is 11.5 Å². The number of hydrogen-bond donors (Lipinski definition) is 1. The second-order valence-corrected chi connectivity index (χ2v) is 7.30. The summed E-state index contributed by atoms with van der Waals surface area (Å²) in [5, 5.41) is 18.3. The first kappa shape index (κ1) is 21.3. The molecule has 1 unspecified atom stereocenters. The summed E-state index contributed by atoms with van der Waals surface area (Å²) in [6.07, 6.45) is -0.768. The molecule has 162 valence electrons. The number of rotatable bonds is 6. The van der Waals surface area contributed by atoms with Gasteiger partial charge in [-0.3, -0.25) is 14.9 Å². The number of nitro benzene ring substituents is 1. The minimum atomic E-state index is -0.935. The molecule has 1 atom stereocenters. The van der Waals surface area contributed by atoms with Crippen LogP contribution in [0.3, 0.4) is 0 Å². The predicted octanol–water partition coefficient (Wildman–Crippen LogP) is 5.31. The molecule has 1 aliphatic rings. The van der Waals surface area contributed by atoms with Gasteiger partial charge < -0.3 is 14.9 Å². The lowest BCUT2D eigenvalue weighted by atomic mass is 10.0. The van der Waals surface area contributed by atoms with Crippen LogP contribution in [0.15, 0.2) is 71.9 Å². The minimum Gasteiger partial charge on any atom is -0.457 e. The van der Waals surface area contributed by atoms with Crippen LogP contribution in [0.5, 0.6) is 11.5 Å². The Morgan fingerprint density at radius 2 is 1.84 bits per heavy atom. The fourth-order valence-corrected chi connectivity index (χ4v) is 3.14. The number of carbonyl (C=O) groups excluding carboxylic acids is 1. The van der Waals surface area contributed by atoms with Gasteiger partial charge >= 0.3 is 0 Å². The monoisotopic (exact) mass is 455 g/mol. The molecule has 0 spiro atoms. The van der Waals surface area contributed by atoms with E-state index in [2.05, 4.69) is 10.5 Å². The van der Waals surface area contributed by atoms with Crippen molar-refractivity contribution in [3.05, 3.63) is 93.2 Å². The Kier molecular flexibility index (Phi) is 6.00. The Morgan fingerprint density at radius 3 is 2.53 bits per heavy atom. The van der Waals surface area contributed by atoms with E-state index in [-0.39, 0.29) is 29.4 Å². The van der Waals surface area contributed by atoms with Gasteiger partial charge in [-0.2, -0.15) is 0 Å². The van der Waals surface area contributed by atoms with Crippen LogP contribution >= 0.6 is 11.6 Å². The first-order valence-corrected chi connectivity index (χ1v) is 9.77. The highest BCUT2D eigenvalue weighted by Gasteiger charge is 2.29. The normalized spacial score (nSPS) is 14.9. The third kappa shape index (κ3) is 5.01. The average molecular weight is 456 g/mol. The molecule has 3 aromatic rings. The van der Waals surface area contributed by atoms with Crippen molar-refractivity contribution in [3.63, 3.8) is 0 Å². The summed E-state index contributed by atoms with van der Waals surface area (Å²) >= 11 is 5.85. The molecule has 1 aliphatic heterocycles. The number of nitrogens with one attached hydrogen (secondary N) is 1. The standard InChI is InChI=1S/C22H15ClFN3O5/c23-14-3-7-18(8-4-14)31-19-10-16(9-17(11-19)27(29)30)25-22(28)21-12-20(26-32-21)13-1-5-15(24)6-2-13/h1-11,21H,12H2,(H,25,28). The highest BCUT2D eigenvalue weighted by molar-refractivity contribution is 6.30. The van der Waals surface area contributed by atoms with Crippen LogP contribution in [0.2, 0.25) is 5.02 Å². The van der Waals surface area contributed by atoms with Crippen molar-refractivity contribution in [2.24, 2.45) is 5.16 Å². The third-order valence-corrected chi connectivity index (χ3v) is 4.81. The van der Waals surface area contributed by atoms with Crippen LogP contribution < -0.4 is 10.1 Å². The van der Waals surface area contributed by atoms with Crippen LogP contribution in [0.25, 0.3) is 0 Å². The van der Waals surface area contributed by atoms with Crippen LogP contribution in [0.1, 0.15) is 12.0 Å². The predicted molar refractivity (Wildman–Crippen MR) is 116 cm³/mol. The van der Waals surface area contributed by atoms with Gasteiger partial charge in [0.15, 0.2) is 0 Å². The minimum absolute atomic E-state index is 0.159. The van der Waals surface area contributed by atoms with Gasteiger partial charge in [-0.05, 0) is 42.0 Å². The molecule has 0 bridgehead atoms. The number of anilines is 1. The molecule has 8 nitrogen and oxygen atoms in total. The van der Waals surface area contributed by atoms with Gasteiger partial charge in [0.25, 0.3) is 11.6 Å². The molecule has 32 heavy (non-hydrogen) atoms. The first-order chi connectivity index (χ1) is 15.4. The maximum atomic E-state index is 13.1. The van der Waals surface area contributed by atoms with Crippen molar-refractivity contribution in [1.82, 2.24) is 0 Å².